The summed E-state index contributed by atoms with van der Waals surface area (Å²) in [4.78, 5) is 4.47. The summed E-state index contributed by atoms with van der Waals surface area (Å²) < 4.78 is 0. The van der Waals surface area contributed by atoms with Crippen LogP contribution in [0.15, 0.2) is 29.3 Å². The molecule has 0 spiro atoms. The van der Waals surface area contributed by atoms with Gasteiger partial charge < -0.3 is 10.6 Å². The molecule has 0 atom stereocenters. The van der Waals surface area contributed by atoms with Gasteiger partial charge in [0.1, 0.15) is 0 Å². The van der Waals surface area contributed by atoms with Gasteiger partial charge in [-0.25, -0.2) is 0 Å². The fourth-order valence-electron chi connectivity index (χ4n) is 2.94. The highest BCUT2D eigenvalue weighted by Crippen LogP contribution is 2.45. The molecule has 102 valence electrons. The molecule has 19 heavy (non-hydrogen) atoms. The first-order chi connectivity index (χ1) is 9.30. The zero-order valence-corrected chi connectivity index (χ0v) is 11.8. The van der Waals surface area contributed by atoms with Gasteiger partial charge in [-0.05, 0) is 30.9 Å². The Morgan fingerprint density at radius 3 is 2.74 bits per heavy atom. The molecule has 2 N–H and O–H groups in total. The lowest BCUT2D eigenvalue weighted by Crippen LogP contribution is -2.50. The van der Waals surface area contributed by atoms with Gasteiger partial charge in [-0.1, -0.05) is 36.2 Å². The Balaban J connectivity index is 1.73. The summed E-state index contributed by atoms with van der Waals surface area (Å²) in [7, 11) is 0. The molecule has 0 bridgehead atoms. The van der Waals surface area contributed by atoms with Crippen LogP contribution in [0.25, 0.3) is 0 Å². The molecule has 1 heterocycles. The quantitative estimate of drug-likeness (QED) is 0.891. The Morgan fingerprint density at radius 2 is 2.11 bits per heavy atom. The molecule has 1 aromatic rings. The van der Waals surface area contributed by atoms with Gasteiger partial charge in [-0.2, -0.15) is 0 Å². The molecule has 1 fully saturated rings. The van der Waals surface area contributed by atoms with Crippen LogP contribution in [0.3, 0.4) is 0 Å². The highest BCUT2D eigenvalue weighted by Gasteiger charge is 2.40. The summed E-state index contributed by atoms with van der Waals surface area (Å²) in [5.74, 6) is 0.949. The van der Waals surface area contributed by atoms with E-state index in [1.165, 1.54) is 24.8 Å². The van der Waals surface area contributed by atoms with Gasteiger partial charge in [0.2, 0.25) is 0 Å². The highest BCUT2D eigenvalue weighted by molar-refractivity contribution is 6.31. The summed E-state index contributed by atoms with van der Waals surface area (Å²) in [6.45, 7) is 2.86. The minimum Gasteiger partial charge on any atom is -0.356 e. The Hall–Kier alpha value is -1.22. The fourth-order valence-corrected chi connectivity index (χ4v) is 3.28. The van der Waals surface area contributed by atoms with Crippen molar-refractivity contribution in [1.82, 2.24) is 10.6 Å². The van der Waals surface area contributed by atoms with Crippen LogP contribution in [0.5, 0.6) is 0 Å². The maximum atomic E-state index is 6.37. The predicted molar refractivity (Wildman–Crippen MR) is 79.9 cm³/mol. The van der Waals surface area contributed by atoms with Gasteiger partial charge in [0, 0.05) is 30.1 Å². The van der Waals surface area contributed by atoms with Crippen LogP contribution in [0.1, 0.15) is 31.2 Å². The number of hydrogen-bond donors (Lipinski definition) is 2. The third kappa shape index (κ3) is 2.57. The second-order valence-corrected chi connectivity index (χ2v) is 5.89. The molecule has 1 aliphatic heterocycles. The normalized spacial score (nSPS) is 21.0. The van der Waals surface area contributed by atoms with Crippen molar-refractivity contribution in [3.63, 3.8) is 0 Å². The van der Waals surface area contributed by atoms with Gasteiger partial charge in [-0.3, -0.25) is 4.99 Å². The van der Waals surface area contributed by atoms with Gasteiger partial charge in [0.05, 0.1) is 0 Å². The minimum absolute atomic E-state index is 0.194. The zero-order valence-electron chi connectivity index (χ0n) is 11.1. The van der Waals surface area contributed by atoms with Crippen molar-refractivity contribution in [2.75, 3.05) is 19.6 Å². The van der Waals surface area contributed by atoms with E-state index in [2.05, 4.69) is 27.8 Å². The molecule has 1 saturated carbocycles. The topological polar surface area (TPSA) is 36.4 Å². The smallest absolute Gasteiger partial charge is 0.191 e. The molecule has 1 aromatic carbocycles. The van der Waals surface area contributed by atoms with Crippen molar-refractivity contribution < 1.29 is 0 Å². The number of halogens is 1. The lowest BCUT2D eigenvalue weighted by Gasteiger charge is -2.43. The first-order valence-corrected chi connectivity index (χ1v) is 7.45. The van der Waals surface area contributed by atoms with E-state index >= 15 is 0 Å². The second kappa shape index (κ2) is 5.41. The van der Waals surface area contributed by atoms with Crippen LogP contribution in [0, 0.1) is 0 Å². The van der Waals surface area contributed by atoms with Gasteiger partial charge in [0.25, 0.3) is 0 Å². The van der Waals surface area contributed by atoms with E-state index in [9.17, 15) is 0 Å². The summed E-state index contributed by atoms with van der Waals surface area (Å²) >= 11 is 6.37. The number of nitrogens with zero attached hydrogens (tertiary/aromatic N) is 1. The minimum atomic E-state index is 0.194. The molecule has 0 saturated heterocycles. The van der Waals surface area contributed by atoms with E-state index in [0.717, 1.165) is 37.0 Å². The monoisotopic (exact) mass is 277 g/mol. The third-order valence-electron chi connectivity index (χ3n) is 4.25. The lowest BCUT2D eigenvalue weighted by atomic mass is 9.64. The molecule has 0 aromatic heterocycles. The van der Waals surface area contributed by atoms with Crippen LogP contribution < -0.4 is 10.6 Å². The number of nitrogens with one attached hydrogen (secondary N) is 2. The number of rotatable bonds is 3. The van der Waals surface area contributed by atoms with Crippen LogP contribution in [0.2, 0.25) is 5.02 Å². The van der Waals surface area contributed by atoms with Crippen LogP contribution in [0.4, 0.5) is 0 Å². The number of aliphatic imine (C=N–C) groups is 1. The van der Waals surface area contributed by atoms with E-state index in [0.29, 0.717) is 0 Å². The van der Waals surface area contributed by atoms with E-state index in [1.54, 1.807) is 0 Å². The molecule has 2 aliphatic rings. The molecular weight excluding hydrogens is 258 g/mol. The Bertz CT molecular complexity index is 480. The van der Waals surface area contributed by atoms with E-state index < -0.39 is 0 Å². The summed E-state index contributed by atoms with van der Waals surface area (Å²) in [6, 6.07) is 8.24. The largest absolute Gasteiger partial charge is 0.356 e. The van der Waals surface area contributed by atoms with Crippen molar-refractivity contribution in [2.45, 2.75) is 31.1 Å². The SMILES string of the molecule is Clc1ccccc1C1(CNC2=NCCCN2)CCC1. The summed E-state index contributed by atoms with van der Waals surface area (Å²) in [5, 5.41) is 7.67. The Kier molecular flexibility index (Phi) is 3.65. The standard InChI is InChI=1S/C15H20ClN3/c16-13-6-2-1-5-12(13)15(7-3-8-15)11-19-14-17-9-4-10-18-14/h1-2,5-6H,3-4,7-11H2,(H2,17,18,19). The van der Waals surface area contributed by atoms with Crippen molar-refractivity contribution in [1.29, 1.82) is 0 Å². The van der Waals surface area contributed by atoms with Gasteiger partial charge in [0.15, 0.2) is 5.96 Å². The van der Waals surface area contributed by atoms with Crippen LogP contribution >= 0.6 is 11.6 Å². The maximum Gasteiger partial charge on any atom is 0.191 e. The lowest BCUT2D eigenvalue weighted by molar-refractivity contribution is 0.244. The van der Waals surface area contributed by atoms with Crippen molar-refractivity contribution >= 4 is 17.6 Å². The first kappa shape index (κ1) is 12.8. The number of benzene rings is 1. The van der Waals surface area contributed by atoms with E-state index in [-0.39, 0.29) is 5.41 Å². The van der Waals surface area contributed by atoms with Gasteiger partial charge in [-0.15, -0.1) is 0 Å². The Labute approximate surface area is 119 Å². The van der Waals surface area contributed by atoms with Crippen molar-refractivity contribution in [2.24, 2.45) is 4.99 Å². The molecule has 0 amide bonds. The van der Waals surface area contributed by atoms with Crippen molar-refractivity contribution in [3.8, 4) is 0 Å². The Morgan fingerprint density at radius 1 is 1.26 bits per heavy atom. The molecule has 3 rings (SSSR count). The van der Waals surface area contributed by atoms with E-state index in [1.807, 2.05) is 12.1 Å². The molecule has 0 radical (unpaired) electrons. The first-order valence-electron chi connectivity index (χ1n) is 7.07. The maximum absolute atomic E-state index is 6.37. The van der Waals surface area contributed by atoms with Crippen molar-refractivity contribution in [3.05, 3.63) is 34.9 Å². The second-order valence-electron chi connectivity index (χ2n) is 5.48. The molecule has 1 aliphatic carbocycles. The molecule has 4 heteroatoms. The van der Waals surface area contributed by atoms with E-state index in [4.69, 9.17) is 11.6 Å². The number of guanidine groups is 1. The zero-order chi connectivity index (χ0) is 13.1. The highest BCUT2D eigenvalue weighted by atomic mass is 35.5. The predicted octanol–water partition coefficient (Wildman–Crippen LogP) is 2.70. The average Bonchev–Trinajstić information content (AvgIpc) is 2.41. The van der Waals surface area contributed by atoms with Crippen LogP contribution in [-0.4, -0.2) is 25.6 Å². The van der Waals surface area contributed by atoms with Crippen LogP contribution in [-0.2, 0) is 5.41 Å². The summed E-state index contributed by atoms with van der Waals surface area (Å²) in [6.07, 6.45) is 4.82. The third-order valence-corrected chi connectivity index (χ3v) is 4.58. The fraction of sp³-hybridized carbons (Fsp3) is 0.533. The molecule has 0 unspecified atom stereocenters. The number of hydrogen-bond acceptors (Lipinski definition) is 3. The average molecular weight is 278 g/mol. The molecular formula is C15H20ClN3. The molecule has 3 nitrogen and oxygen atoms in total. The van der Waals surface area contributed by atoms with Gasteiger partial charge >= 0.3 is 0 Å². The summed E-state index contributed by atoms with van der Waals surface area (Å²) in [5.41, 5.74) is 1.48.